The van der Waals surface area contributed by atoms with Crippen LogP contribution in [0, 0.1) is 0 Å². The van der Waals surface area contributed by atoms with Gasteiger partial charge in [-0.3, -0.25) is 9.10 Å². The molecule has 13 heteroatoms. The molecule has 0 heterocycles. The highest BCUT2D eigenvalue weighted by atomic mass is 79.9. The first-order valence-electron chi connectivity index (χ1n) is 8.54. The van der Waals surface area contributed by atoms with Crippen LogP contribution in [0.4, 0.5) is 18.9 Å². The molecule has 0 aromatic heterocycles. The summed E-state index contributed by atoms with van der Waals surface area (Å²) in [6, 6.07) is 6.25. The zero-order chi connectivity index (χ0) is 23.1. The average molecular weight is 552 g/mol. The fourth-order valence-corrected chi connectivity index (χ4v) is 5.15. The number of benzene rings is 1. The van der Waals surface area contributed by atoms with Crippen molar-refractivity contribution in [2.24, 2.45) is 0 Å². The van der Waals surface area contributed by atoms with Gasteiger partial charge in [-0.25, -0.2) is 8.42 Å². The molecule has 1 aromatic carbocycles. The molecule has 30 heavy (non-hydrogen) atoms. The molecule has 0 fully saturated rings. The second-order valence-corrected chi connectivity index (χ2v) is 10.8. The second kappa shape index (κ2) is 11.5. The Kier molecular flexibility index (Phi) is 10.4. The molecule has 2 unspecified atom stereocenters. The number of alkyl halides is 3. The SMILES string of the molecule is CCOC(=S)SC(CC(OC(C)=O)C(F)(F)F)CN(c1ccc(Br)cc1)S(C)(=O)=O. The molecule has 2 atom stereocenters. The van der Waals surface area contributed by atoms with Crippen molar-refractivity contribution in [2.75, 3.05) is 23.7 Å². The van der Waals surface area contributed by atoms with Crippen LogP contribution in [0.15, 0.2) is 28.7 Å². The Bertz CT molecular complexity index is 834. The van der Waals surface area contributed by atoms with Crippen molar-refractivity contribution in [3.05, 3.63) is 28.7 Å². The minimum atomic E-state index is -4.83. The van der Waals surface area contributed by atoms with Crippen molar-refractivity contribution in [1.29, 1.82) is 0 Å². The van der Waals surface area contributed by atoms with Gasteiger partial charge in [-0.05, 0) is 43.4 Å². The third-order valence-corrected chi connectivity index (χ3v) is 6.64. The number of rotatable bonds is 9. The van der Waals surface area contributed by atoms with Crippen molar-refractivity contribution in [3.63, 3.8) is 0 Å². The highest BCUT2D eigenvalue weighted by Crippen LogP contribution is 2.32. The lowest BCUT2D eigenvalue weighted by atomic mass is 10.1. The number of sulfonamides is 1. The van der Waals surface area contributed by atoms with Gasteiger partial charge in [0.2, 0.25) is 14.4 Å². The van der Waals surface area contributed by atoms with Crippen LogP contribution in [0.5, 0.6) is 0 Å². The van der Waals surface area contributed by atoms with Crippen LogP contribution in [0.1, 0.15) is 20.3 Å². The summed E-state index contributed by atoms with van der Waals surface area (Å²) in [5, 5.41) is -1.01. The number of carbonyl (C=O) groups excluding carboxylic acids is 1. The number of nitrogens with zero attached hydrogens (tertiary/aromatic N) is 1. The van der Waals surface area contributed by atoms with Crippen LogP contribution < -0.4 is 4.31 Å². The Morgan fingerprint density at radius 1 is 1.30 bits per heavy atom. The molecule has 0 N–H and O–H groups in total. The van der Waals surface area contributed by atoms with E-state index in [1.165, 1.54) is 12.1 Å². The van der Waals surface area contributed by atoms with E-state index in [9.17, 15) is 26.4 Å². The monoisotopic (exact) mass is 551 g/mol. The summed E-state index contributed by atoms with van der Waals surface area (Å²) in [7, 11) is -3.84. The van der Waals surface area contributed by atoms with E-state index in [1.807, 2.05) is 0 Å². The molecule has 0 saturated carbocycles. The Labute approximate surface area is 191 Å². The highest BCUT2D eigenvalue weighted by Gasteiger charge is 2.44. The molecule has 0 amide bonds. The normalized spacial score (nSPS) is 14.0. The fraction of sp³-hybridized carbons (Fsp3) is 0.529. The molecular weight excluding hydrogens is 531 g/mol. The van der Waals surface area contributed by atoms with E-state index < -0.39 is 39.9 Å². The molecule has 170 valence electrons. The van der Waals surface area contributed by atoms with Gasteiger partial charge in [0.25, 0.3) is 0 Å². The smallest absolute Gasteiger partial charge is 0.425 e. The Morgan fingerprint density at radius 3 is 2.30 bits per heavy atom. The third-order valence-electron chi connectivity index (χ3n) is 3.56. The van der Waals surface area contributed by atoms with Crippen molar-refractivity contribution in [2.45, 2.75) is 37.8 Å². The molecule has 0 spiro atoms. The van der Waals surface area contributed by atoms with E-state index in [0.29, 0.717) is 4.47 Å². The fourth-order valence-electron chi connectivity index (χ4n) is 2.36. The van der Waals surface area contributed by atoms with Gasteiger partial charge < -0.3 is 9.47 Å². The maximum atomic E-state index is 13.4. The number of esters is 1. The van der Waals surface area contributed by atoms with Gasteiger partial charge in [0.15, 0.2) is 6.10 Å². The minimum Gasteiger partial charge on any atom is -0.479 e. The summed E-state index contributed by atoms with van der Waals surface area (Å²) in [6.07, 6.45) is -7.00. The molecule has 0 saturated heterocycles. The lowest BCUT2D eigenvalue weighted by Crippen LogP contribution is -2.41. The summed E-state index contributed by atoms with van der Waals surface area (Å²) < 4.78 is 76.1. The zero-order valence-corrected chi connectivity index (χ0v) is 20.3. The average Bonchev–Trinajstić information content (AvgIpc) is 2.58. The number of ether oxygens (including phenoxy) is 2. The van der Waals surface area contributed by atoms with Crippen molar-refractivity contribution < 1.29 is 35.9 Å². The lowest BCUT2D eigenvalue weighted by Gasteiger charge is -2.30. The van der Waals surface area contributed by atoms with E-state index in [-0.39, 0.29) is 23.2 Å². The largest absolute Gasteiger partial charge is 0.479 e. The van der Waals surface area contributed by atoms with Gasteiger partial charge in [-0.1, -0.05) is 27.7 Å². The lowest BCUT2D eigenvalue weighted by molar-refractivity contribution is -0.221. The van der Waals surface area contributed by atoms with Crippen molar-refractivity contribution in [3.8, 4) is 0 Å². The maximum absolute atomic E-state index is 13.4. The molecule has 0 aliphatic carbocycles. The summed E-state index contributed by atoms with van der Waals surface area (Å²) >= 11 is 9.05. The van der Waals surface area contributed by atoms with Crippen LogP contribution in [-0.2, 0) is 24.3 Å². The van der Waals surface area contributed by atoms with E-state index in [2.05, 4.69) is 20.7 Å². The minimum absolute atomic E-state index is 0.0319. The first kappa shape index (κ1) is 27.0. The Balaban J connectivity index is 3.25. The van der Waals surface area contributed by atoms with Crippen LogP contribution >= 0.6 is 39.9 Å². The highest BCUT2D eigenvalue weighted by molar-refractivity contribution is 9.10. The van der Waals surface area contributed by atoms with E-state index in [0.717, 1.165) is 29.2 Å². The number of anilines is 1. The molecular formula is C17H21BrF3NO5S3. The van der Waals surface area contributed by atoms with Gasteiger partial charge in [0.1, 0.15) is 0 Å². The summed E-state index contributed by atoms with van der Waals surface area (Å²) in [5.74, 6) is -1.10. The van der Waals surface area contributed by atoms with Gasteiger partial charge in [0, 0.05) is 29.6 Å². The Hall–Kier alpha value is -1.05. The van der Waals surface area contributed by atoms with Crippen LogP contribution in [0.3, 0.4) is 0 Å². The number of hydrogen-bond donors (Lipinski definition) is 0. The van der Waals surface area contributed by atoms with E-state index >= 15 is 0 Å². The van der Waals surface area contributed by atoms with Gasteiger partial charge in [-0.2, -0.15) is 13.2 Å². The van der Waals surface area contributed by atoms with Gasteiger partial charge in [0.05, 0.1) is 18.6 Å². The molecule has 6 nitrogen and oxygen atoms in total. The third kappa shape index (κ3) is 9.40. The molecule has 0 aliphatic heterocycles. The quantitative estimate of drug-likeness (QED) is 0.330. The maximum Gasteiger partial charge on any atom is 0.425 e. The summed E-state index contributed by atoms with van der Waals surface area (Å²) in [5.41, 5.74) is 0.268. The van der Waals surface area contributed by atoms with Crippen LogP contribution in [-0.4, -0.2) is 55.7 Å². The molecule has 1 rings (SSSR count). The van der Waals surface area contributed by atoms with Crippen LogP contribution in [0.2, 0.25) is 0 Å². The second-order valence-electron chi connectivity index (χ2n) is 6.07. The predicted molar refractivity (Wildman–Crippen MR) is 118 cm³/mol. The van der Waals surface area contributed by atoms with Gasteiger partial charge >= 0.3 is 12.1 Å². The van der Waals surface area contributed by atoms with Gasteiger partial charge in [-0.15, -0.1) is 0 Å². The first-order valence-corrected chi connectivity index (χ1v) is 12.5. The summed E-state index contributed by atoms with van der Waals surface area (Å²) in [6.45, 7) is 2.39. The number of thioether (sulfide) groups is 1. The molecule has 0 aliphatic rings. The van der Waals surface area contributed by atoms with E-state index in [4.69, 9.17) is 17.0 Å². The zero-order valence-electron chi connectivity index (χ0n) is 16.3. The Morgan fingerprint density at radius 2 is 1.87 bits per heavy atom. The van der Waals surface area contributed by atoms with E-state index in [1.54, 1.807) is 19.1 Å². The number of thiocarbonyl (C=S) groups is 1. The molecule has 0 radical (unpaired) electrons. The summed E-state index contributed by atoms with van der Waals surface area (Å²) in [4.78, 5) is 11.2. The predicted octanol–water partition coefficient (Wildman–Crippen LogP) is 4.52. The van der Waals surface area contributed by atoms with Crippen LogP contribution in [0.25, 0.3) is 0 Å². The number of carbonyl (C=O) groups is 1. The number of halogens is 4. The first-order chi connectivity index (χ1) is 13.7. The van der Waals surface area contributed by atoms with Crippen molar-refractivity contribution >= 4 is 66.0 Å². The standard InChI is InChI=1S/C17H21BrF3NO5S3/c1-4-26-16(28)29-14(9-15(17(19,20)21)27-11(2)23)10-22(30(3,24)25)13-7-5-12(18)6-8-13/h5-8,14-15H,4,9-10H2,1-3H3. The molecule has 1 aromatic rings. The van der Waals surface area contributed by atoms with Crippen molar-refractivity contribution in [1.82, 2.24) is 0 Å². The molecule has 0 bridgehead atoms. The topological polar surface area (TPSA) is 72.9 Å². The number of hydrogen-bond acceptors (Lipinski definition) is 7.